The monoisotopic (exact) mass is 303 g/mol. The van der Waals surface area contributed by atoms with Gasteiger partial charge in [-0.05, 0) is 13.0 Å². The largest absolute Gasteiger partial charge is 0.756 e. The number of benzene rings is 1. The Morgan fingerprint density at radius 3 is 1.50 bits per heavy atom. The summed E-state index contributed by atoms with van der Waals surface area (Å²) in [5.74, 6) is 0. The number of phosphoric acid groups is 2. The molecule has 0 aromatic heterocycles. The van der Waals surface area contributed by atoms with Crippen LogP contribution in [0.1, 0.15) is 5.56 Å². The van der Waals surface area contributed by atoms with Gasteiger partial charge in [0.1, 0.15) is 5.69 Å². The maximum absolute atomic E-state index is 8.88. The van der Waals surface area contributed by atoms with Crippen molar-refractivity contribution in [1.29, 1.82) is 0 Å². The van der Waals surface area contributed by atoms with Crippen LogP contribution in [0, 0.1) is 6.92 Å². The van der Waals surface area contributed by atoms with E-state index in [1.165, 1.54) is 5.56 Å². The lowest BCUT2D eigenvalue weighted by Crippen LogP contribution is -2.40. The highest BCUT2D eigenvalue weighted by Crippen LogP contribution is 2.25. The number of rotatable bonds is 0. The Morgan fingerprint density at radius 1 is 1.06 bits per heavy atom. The first-order chi connectivity index (χ1) is 7.80. The van der Waals surface area contributed by atoms with Crippen LogP contribution in [-0.2, 0) is 9.13 Å². The Hall–Kier alpha value is -0.600. The zero-order valence-corrected chi connectivity index (χ0v) is 11.2. The first-order valence-electron chi connectivity index (χ1n) is 4.23. The molecule has 8 N–H and O–H groups in total. The van der Waals surface area contributed by atoms with Gasteiger partial charge < -0.3 is 35.1 Å². The molecular weight excluding hydrogens is 288 g/mol. The first kappa shape index (κ1) is 19.7. The van der Waals surface area contributed by atoms with Crippen molar-refractivity contribution in [3.05, 3.63) is 29.8 Å². The molecule has 106 valence electrons. The van der Waals surface area contributed by atoms with Crippen LogP contribution in [0.15, 0.2) is 24.3 Å². The van der Waals surface area contributed by atoms with Gasteiger partial charge in [-0.1, -0.05) is 18.2 Å². The van der Waals surface area contributed by atoms with Crippen LogP contribution >= 0.6 is 15.6 Å². The van der Waals surface area contributed by atoms with E-state index >= 15 is 0 Å². The minimum Gasteiger partial charge on any atom is -0.756 e. The zero-order valence-electron chi connectivity index (χ0n) is 9.37. The SMILES string of the molecule is Cc1ccccc1[NH3+].O=P(O)(O)O.O=P([O-])(O)O. The molecule has 11 heteroatoms. The summed E-state index contributed by atoms with van der Waals surface area (Å²) in [6, 6.07) is 8.08. The fourth-order valence-corrected chi connectivity index (χ4v) is 0.610. The van der Waals surface area contributed by atoms with E-state index in [2.05, 4.69) is 18.7 Å². The maximum atomic E-state index is 8.88. The fourth-order valence-electron chi connectivity index (χ4n) is 0.610. The van der Waals surface area contributed by atoms with Gasteiger partial charge in [-0.3, -0.25) is 4.57 Å². The number of quaternary nitrogens is 1. The molecule has 0 amide bonds. The molecule has 0 bridgehead atoms. The molecule has 0 radical (unpaired) electrons. The molecule has 0 fully saturated rings. The molecule has 0 atom stereocenters. The van der Waals surface area contributed by atoms with E-state index in [9.17, 15) is 0 Å². The van der Waals surface area contributed by atoms with E-state index in [1.807, 2.05) is 18.2 Å². The third-order valence-electron chi connectivity index (χ3n) is 1.26. The molecule has 0 unspecified atom stereocenters. The van der Waals surface area contributed by atoms with Gasteiger partial charge in [-0.15, -0.1) is 0 Å². The Morgan fingerprint density at radius 2 is 1.33 bits per heavy atom. The van der Waals surface area contributed by atoms with Crippen molar-refractivity contribution in [3.63, 3.8) is 0 Å². The number of hydrogen-bond donors (Lipinski definition) is 6. The summed E-state index contributed by atoms with van der Waals surface area (Å²) < 4.78 is 17.7. The average Bonchev–Trinajstić information content (AvgIpc) is 2.04. The number of aryl methyl sites for hydroxylation is 1. The standard InChI is InChI=1S/C7H9N.2H3O4P/c1-6-4-2-3-5-7(6)8;2*1-5(2,3)4/h2-5H,8H2,1H3;2*(H3,1,2,3,4). The van der Waals surface area contributed by atoms with Gasteiger partial charge in [0.15, 0.2) is 0 Å². The van der Waals surface area contributed by atoms with Crippen LogP contribution in [0.3, 0.4) is 0 Å². The third-order valence-corrected chi connectivity index (χ3v) is 1.26. The van der Waals surface area contributed by atoms with E-state index in [0.717, 1.165) is 5.69 Å². The maximum Gasteiger partial charge on any atom is 0.466 e. The van der Waals surface area contributed by atoms with Gasteiger partial charge in [0.05, 0.1) is 0 Å². The van der Waals surface area contributed by atoms with Crippen molar-refractivity contribution < 1.29 is 44.2 Å². The molecular formula is C7H15NO8P2. The summed E-state index contributed by atoms with van der Waals surface area (Å²) >= 11 is 0. The molecule has 0 spiro atoms. The molecule has 0 aliphatic heterocycles. The lowest BCUT2D eigenvalue weighted by molar-refractivity contribution is -0.255. The van der Waals surface area contributed by atoms with Crippen molar-refractivity contribution in [3.8, 4) is 0 Å². The van der Waals surface area contributed by atoms with Crippen molar-refractivity contribution in [1.82, 2.24) is 0 Å². The van der Waals surface area contributed by atoms with E-state index < -0.39 is 15.6 Å². The highest BCUT2D eigenvalue weighted by molar-refractivity contribution is 7.45. The summed E-state index contributed by atoms with van der Waals surface area (Å²) in [5, 5.41) is 0. The molecule has 1 aromatic carbocycles. The number of hydrogen-bond acceptors (Lipinski definition) is 3. The zero-order chi connectivity index (χ0) is 15.0. The lowest BCUT2D eigenvalue weighted by atomic mass is 10.2. The van der Waals surface area contributed by atoms with Gasteiger partial charge in [-0.25, -0.2) is 4.57 Å². The molecule has 0 aliphatic carbocycles. The molecule has 9 nitrogen and oxygen atoms in total. The Bertz CT molecular complexity index is 381. The molecule has 0 saturated carbocycles. The van der Waals surface area contributed by atoms with Crippen molar-refractivity contribution in [2.45, 2.75) is 6.92 Å². The van der Waals surface area contributed by atoms with Crippen LogP contribution in [0.2, 0.25) is 0 Å². The average molecular weight is 303 g/mol. The van der Waals surface area contributed by atoms with Crippen LogP contribution in [0.25, 0.3) is 0 Å². The normalized spacial score (nSPS) is 10.7. The van der Waals surface area contributed by atoms with Crippen molar-refractivity contribution >= 4 is 21.3 Å². The van der Waals surface area contributed by atoms with Crippen LogP contribution in [0.5, 0.6) is 0 Å². The molecule has 0 heterocycles. The highest BCUT2D eigenvalue weighted by Gasteiger charge is 2.00. The fraction of sp³-hybridized carbons (Fsp3) is 0.143. The predicted octanol–water partition coefficient (Wildman–Crippen LogP) is -1.62. The lowest BCUT2D eigenvalue weighted by Gasteiger charge is -2.01. The van der Waals surface area contributed by atoms with Gasteiger partial charge >= 0.3 is 7.82 Å². The molecule has 1 aromatic rings. The van der Waals surface area contributed by atoms with E-state index in [-0.39, 0.29) is 0 Å². The van der Waals surface area contributed by atoms with Gasteiger partial charge in [0.25, 0.3) is 7.82 Å². The van der Waals surface area contributed by atoms with Gasteiger partial charge in [-0.2, -0.15) is 0 Å². The predicted molar refractivity (Wildman–Crippen MR) is 60.0 cm³/mol. The Balaban J connectivity index is 0. The van der Waals surface area contributed by atoms with Crippen LogP contribution in [0.4, 0.5) is 5.69 Å². The van der Waals surface area contributed by atoms with Crippen molar-refractivity contribution in [2.24, 2.45) is 0 Å². The summed E-state index contributed by atoms with van der Waals surface area (Å²) in [7, 11) is -9.53. The highest BCUT2D eigenvalue weighted by atomic mass is 31.2. The van der Waals surface area contributed by atoms with Gasteiger partial charge in [0, 0.05) is 5.56 Å². The molecule has 1 rings (SSSR count). The summed E-state index contributed by atoms with van der Waals surface area (Å²) in [6.07, 6.45) is 0. The Kier molecular flexibility index (Phi) is 9.31. The molecule has 0 saturated heterocycles. The minimum atomic E-state index is -4.89. The van der Waals surface area contributed by atoms with Gasteiger partial charge in [0.2, 0.25) is 0 Å². The van der Waals surface area contributed by atoms with E-state index in [0.29, 0.717) is 0 Å². The molecule has 18 heavy (non-hydrogen) atoms. The Labute approximate surface area is 103 Å². The summed E-state index contributed by atoms with van der Waals surface area (Å²) in [5.41, 5.74) is 6.20. The topological polar surface area (TPSA) is 186 Å². The summed E-state index contributed by atoms with van der Waals surface area (Å²) in [4.78, 5) is 44.5. The van der Waals surface area contributed by atoms with E-state index in [1.54, 1.807) is 0 Å². The quantitative estimate of drug-likeness (QED) is 0.308. The second-order valence-corrected chi connectivity index (χ2v) is 4.94. The smallest absolute Gasteiger partial charge is 0.466 e. The first-order valence-corrected chi connectivity index (χ1v) is 7.32. The minimum absolute atomic E-state index is 1.12. The van der Waals surface area contributed by atoms with Crippen molar-refractivity contribution in [2.75, 3.05) is 0 Å². The molecule has 0 aliphatic rings. The van der Waals surface area contributed by atoms with E-state index in [4.69, 9.17) is 38.5 Å². The second kappa shape index (κ2) is 8.49. The van der Waals surface area contributed by atoms with Crippen LogP contribution < -0.4 is 10.6 Å². The van der Waals surface area contributed by atoms with Crippen LogP contribution in [-0.4, -0.2) is 24.5 Å². The second-order valence-electron chi connectivity index (χ2n) is 2.93. The summed E-state index contributed by atoms with van der Waals surface area (Å²) in [6.45, 7) is 2.06. The third kappa shape index (κ3) is 29.5.